The summed E-state index contributed by atoms with van der Waals surface area (Å²) in [5.74, 6) is 0.431. The first-order valence-corrected chi connectivity index (χ1v) is 6.32. The highest BCUT2D eigenvalue weighted by Crippen LogP contribution is 2.36. The molecule has 0 fully saturated rings. The zero-order valence-corrected chi connectivity index (χ0v) is 11.1. The molecule has 0 aromatic heterocycles. The summed E-state index contributed by atoms with van der Waals surface area (Å²) < 4.78 is 5.32. The van der Waals surface area contributed by atoms with Gasteiger partial charge in [-0.25, -0.2) is 0 Å². The molecule has 4 N–H and O–H groups in total. The van der Waals surface area contributed by atoms with E-state index in [2.05, 4.69) is 10.6 Å². The van der Waals surface area contributed by atoms with Gasteiger partial charge in [-0.2, -0.15) is 0 Å². The van der Waals surface area contributed by atoms with Crippen molar-refractivity contribution in [3.63, 3.8) is 0 Å². The van der Waals surface area contributed by atoms with Crippen molar-refractivity contribution >= 4 is 28.7 Å². The lowest BCUT2D eigenvalue weighted by atomic mass is 10.1. The van der Waals surface area contributed by atoms with Crippen LogP contribution in [0.5, 0.6) is 5.75 Å². The first-order chi connectivity index (χ1) is 9.61. The number of rotatable bonds is 2. The van der Waals surface area contributed by atoms with Gasteiger partial charge in [-0.15, -0.1) is 0 Å². The molecule has 0 atom stereocenters. The molecule has 1 heterocycles. The summed E-state index contributed by atoms with van der Waals surface area (Å²) in [6, 6.07) is 11.5. The molecule has 1 amide bonds. The number of aryl methyl sites for hydroxylation is 1. The van der Waals surface area contributed by atoms with Crippen molar-refractivity contribution in [2.45, 2.75) is 6.92 Å². The maximum absolute atomic E-state index is 11.3. The first-order valence-electron chi connectivity index (χ1n) is 6.32. The molecule has 0 unspecified atom stereocenters. The van der Waals surface area contributed by atoms with Crippen LogP contribution in [0.25, 0.3) is 0 Å². The topological polar surface area (TPSA) is 76.4 Å². The summed E-state index contributed by atoms with van der Waals surface area (Å²) in [6.45, 7) is 2.05. The minimum atomic E-state index is -0.163. The molecule has 1 aliphatic rings. The van der Waals surface area contributed by atoms with Crippen molar-refractivity contribution in [2.24, 2.45) is 0 Å². The van der Waals surface area contributed by atoms with Crippen LogP contribution in [0.15, 0.2) is 36.4 Å². The molecule has 0 spiro atoms. The van der Waals surface area contributed by atoms with Gasteiger partial charge in [0.2, 0.25) is 0 Å². The summed E-state index contributed by atoms with van der Waals surface area (Å²) in [4.78, 5) is 11.3. The van der Waals surface area contributed by atoms with Crippen LogP contribution in [-0.2, 0) is 4.79 Å². The Morgan fingerprint density at radius 2 is 2.15 bits per heavy atom. The van der Waals surface area contributed by atoms with Gasteiger partial charge in [-0.05, 0) is 30.7 Å². The van der Waals surface area contributed by atoms with Gasteiger partial charge in [0, 0.05) is 11.8 Å². The van der Waals surface area contributed by atoms with Crippen LogP contribution in [0.1, 0.15) is 5.56 Å². The number of hydrogen-bond donors (Lipinski definition) is 3. The van der Waals surface area contributed by atoms with Crippen LogP contribution in [0, 0.1) is 6.92 Å². The molecule has 3 rings (SSSR count). The summed E-state index contributed by atoms with van der Waals surface area (Å²) >= 11 is 0. The summed E-state index contributed by atoms with van der Waals surface area (Å²) in [6.07, 6.45) is 0. The normalized spacial score (nSPS) is 13.2. The number of nitrogen functional groups attached to an aromatic ring is 1. The molecule has 0 saturated carbocycles. The second-order valence-corrected chi connectivity index (χ2v) is 4.77. The van der Waals surface area contributed by atoms with E-state index < -0.39 is 0 Å². The third-order valence-electron chi connectivity index (χ3n) is 3.08. The van der Waals surface area contributed by atoms with Crippen molar-refractivity contribution < 1.29 is 9.53 Å². The standard InChI is InChI=1S/C15H15N3O2/c1-9-3-2-4-10(5-9)17-12-7-13-14(6-11(12)16)20-8-15(19)18-13/h2-7,17H,8,16H2,1H3,(H,18,19). The van der Waals surface area contributed by atoms with Crippen LogP contribution in [0.2, 0.25) is 0 Å². The molecule has 5 nitrogen and oxygen atoms in total. The van der Waals surface area contributed by atoms with Crippen LogP contribution < -0.4 is 21.1 Å². The number of nitrogens with one attached hydrogen (secondary N) is 2. The van der Waals surface area contributed by atoms with Crippen LogP contribution >= 0.6 is 0 Å². The molecule has 0 aliphatic carbocycles. The lowest BCUT2D eigenvalue weighted by molar-refractivity contribution is -0.118. The van der Waals surface area contributed by atoms with E-state index in [1.165, 1.54) is 0 Å². The number of amides is 1. The number of anilines is 4. The zero-order chi connectivity index (χ0) is 14.1. The fraction of sp³-hybridized carbons (Fsp3) is 0.133. The monoisotopic (exact) mass is 269 g/mol. The van der Waals surface area contributed by atoms with Gasteiger partial charge in [0.05, 0.1) is 17.1 Å². The van der Waals surface area contributed by atoms with Gasteiger partial charge in [0.1, 0.15) is 5.75 Å². The van der Waals surface area contributed by atoms with Gasteiger partial charge < -0.3 is 21.1 Å². The van der Waals surface area contributed by atoms with E-state index in [4.69, 9.17) is 10.5 Å². The first kappa shape index (κ1) is 12.3. The maximum Gasteiger partial charge on any atom is 0.262 e. The highest BCUT2D eigenvalue weighted by atomic mass is 16.5. The van der Waals surface area contributed by atoms with Crippen LogP contribution in [0.4, 0.5) is 22.7 Å². The molecule has 2 aromatic rings. The van der Waals surface area contributed by atoms with Crippen molar-refractivity contribution in [1.82, 2.24) is 0 Å². The van der Waals surface area contributed by atoms with E-state index >= 15 is 0 Å². The quantitative estimate of drug-likeness (QED) is 0.732. The predicted molar refractivity (Wildman–Crippen MR) is 79.4 cm³/mol. The molecule has 0 saturated heterocycles. The Balaban J connectivity index is 1.94. The molecule has 0 bridgehead atoms. The smallest absolute Gasteiger partial charge is 0.262 e. The predicted octanol–water partition coefficient (Wildman–Crippen LogP) is 2.65. The number of carbonyl (C=O) groups is 1. The lowest BCUT2D eigenvalue weighted by Crippen LogP contribution is -2.25. The summed E-state index contributed by atoms with van der Waals surface area (Å²) in [5.41, 5.74) is 10.0. The van der Waals surface area contributed by atoms with Crippen molar-refractivity contribution in [3.05, 3.63) is 42.0 Å². The number of fused-ring (bicyclic) bond motifs is 1. The largest absolute Gasteiger partial charge is 0.482 e. The highest BCUT2D eigenvalue weighted by Gasteiger charge is 2.17. The van der Waals surface area contributed by atoms with E-state index in [-0.39, 0.29) is 12.5 Å². The number of benzene rings is 2. The van der Waals surface area contributed by atoms with E-state index in [1.54, 1.807) is 12.1 Å². The van der Waals surface area contributed by atoms with Gasteiger partial charge in [-0.3, -0.25) is 4.79 Å². The van der Waals surface area contributed by atoms with E-state index in [0.717, 1.165) is 16.9 Å². The number of ether oxygens (including phenoxy) is 1. The molecule has 1 aliphatic heterocycles. The van der Waals surface area contributed by atoms with E-state index in [1.807, 2.05) is 31.2 Å². The third-order valence-corrected chi connectivity index (χ3v) is 3.08. The maximum atomic E-state index is 11.3. The number of carbonyl (C=O) groups excluding carboxylic acids is 1. The second-order valence-electron chi connectivity index (χ2n) is 4.77. The summed E-state index contributed by atoms with van der Waals surface area (Å²) in [7, 11) is 0. The Bertz CT molecular complexity index is 683. The third kappa shape index (κ3) is 2.38. The molecule has 102 valence electrons. The average molecular weight is 269 g/mol. The van der Waals surface area contributed by atoms with Gasteiger partial charge in [0.15, 0.2) is 6.61 Å². The average Bonchev–Trinajstić information content (AvgIpc) is 2.40. The van der Waals surface area contributed by atoms with E-state index in [0.29, 0.717) is 17.1 Å². The molecular formula is C15H15N3O2. The van der Waals surface area contributed by atoms with Crippen molar-refractivity contribution in [2.75, 3.05) is 23.0 Å². The Morgan fingerprint density at radius 3 is 2.95 bits per heavy atom. The summed E-state index contributed by atoms with van der Waals surface area (Å²) in [5, 5.41) is 6.01. The van der Waals surface area contributed by atoms with Crippen LogP contribution in [-0.4, -0.2) is 12.5 Å². The van der Waals surface area contributed by atoms with E-state index in [9.17, 15) is 4.79 Å². The fourth-order valence-corrected chi connectivity index (χ4v) is 2.13. The van der Waals surface area contributed by atoms with Crippen LogP contribution in [0.3, 0.4) is 0 Å². The molecule has 5 heteroatoms. The molecule has 2 aromatic carbocycles. The Kier molecular flexibility index (Phi) is 2.95. The Morgan fingerprint density at radius 1 is 1.30 bits per heavy atom. The van der Waals surface area contributed by atoms with Crippen molar-refractivity contribution in [1.29, 1.82) is 0 Å². The number of nitrogens with two attached hydrogens (primary N) is 1. The number of hydrogen-bond acceptors (Lipinski definition) is 4. The second kappa shape index (κ2) is 4.77. The van der Waals surface area contributed by atoms with Gasteiger partial charge >= 0.3 is 0 Å². The highest BCUT2D eigenvalue weighted by molar-refractivity contribution is 5.97. The lowest BCUT2D eigenvalue weighted by Gasteiger charge is -2.20. The van der Waals surface area contributed by atoms with Gasteiger partial charge in [0.25, 0.3) is 5.91 Å². The van der Waals surface area contributed by atoms with Crippen molar-refractivity contribution in [3.8, 4) is 5.75 Å². The zero-order valence-electron chi connectivity index (χ0n) is 11.1. The minimum Gasteiger partial charge on any atom is -0.482 e. The Hall–Kier alpha value is -2.69. The van der Waals surface area contributed by atoms with Gasteiger partial charge in [-0.1, -0.05) is 12.1 Å². The minimum absolute atomic E-state index is 0.0249. The molecule has 20 heavy (non-hydrogen) atoms. The fourth-order valence-electron chi connectivity index (χ4n) is 2.13. The Labute approximate surface area is 116 Å². The SMILES string of the molecule is Cc1cccc(Nc2cc3c(cc2N)OCC(=O)N3)c1. The molecule has 0 radical (unpaired) electrons. The molecular weight excluding hydrogens is 254 g/mol.